The summed E-state index contributed by atoms with van der Waals surface area (Å²) in [6, 6.07) is 31.9. The van der Waals surface area contributed by atoms with Crippen LogP contribution in [0.2, 0.25) is 0 Å². The minimum atomic E-state index is 0.924. The molecule has 0 aliphatic heterocycles. The predicted octanol–water partition coefficient (Wildman–Crippen LogP) is 8.64. The van der Waals surface area contributed by atoms with E-state index in [2.05, 4.69) is 83.3 Å². The molecular weight excluding hydrogens is 406 g/mol. The van der Waals surface area contributed by atoms with Crippen molar-refractivity contribution >= 4 is 82.0 Å². The highest BCUT2D eigenvalue weighted by Crippen LogP contribution is 2.48. The standard InChI is InChI=1S/C30H15NO2/c1-4-10-21-17(8-1)28-29-20(15-19-16-7-2-5-11-23(16)33-30(19)28)26-22(31(21)29)13-14-25-27(26)18-9-3-6-12-24(18)32-25/h1-15H. The van der Waals surface area contributed by atoms with Crippen molar-refractivity contribution in [2.24, 2.45) is 0 Å². The lowest BCUT2D eigenvalue weighted by Gasteiger charge is -2.00. The van der Waals surface area contributed by atoms with Crippen LogP contribution in [0.15, 0.2) is 99.8 Å². The molecule has 33 heavy (non-hydrogen) atoms. The molecule has 0 saturated carbocycles. The monoisotopic (exact) mass is 421 g/mol. The normalized spacial score (nSPS) is 12.8. The van der Waals surface area contributed by atoms with Crippen LogP contribution in [0.3, 0.4) is 0 Å². The second-order valence-electron chi connectivity index (χ2n) is 8.91. The molecule has 0 radical (unpaired) electrons. The Morgan fingerprint density at radius 1 is 0.455 bits per heavy atom. The Kier molecular flexibility index (Phi) is 2.59. The van der Waals surface area contributed by atoms with Gasteiger partial charge in [-0.05, 0) is 36.4 Å². The number of para-hydroxylation sites is 3. The molecule has 5 aromatic carbocycles. The molecule has 0 amide bonds. The molecule has 4 aromatic heterocycles. The third-order valence-electron chi connectivity index (χ3n) is 7.31. The first-order chi connectivity index (χ1) is 16.4. The van der Waals surface area contributed by atoms with Crippen molar-refractivity contribution < 1.29 is 8.83 Å². The number of furan rings is 2. The quantitative estimate of drug-likeness (QED) is 0.245. The summed E-state index contributed by atoms with van der Waals surface area (Å²) < 4.78 is 15.1. The molecule has 0 spiro atoms. The zero-order valence-corrected chi connectivity index (χ0v) is 17.4. The van der Waals surface area contributed by atoms with Gasteiger partial charge in [-0.1, -0.05) is 54.6 Å². The van der Waals surface area contributed by atoms with Crippen LogP contribution >= 0.6 is 0 Å². The van der Waals surface area contributed by atoms with Crippen LogP contribution in [0, 0.1) is 0 Å². The summed E-state index contributed by atoms with van der Waals surface area (Å²) in [6.45, 7) is 0. The number of nitrogens with zero attached hydrogens (tertiary/aromatic N) is 1. The van der Waals surface area contributed by atoms with Crippen molar-refractivity contribution in [2.45, 2.75) is 0 Å². The fraction of sp³-hybridized carbons (Fsp3) is 0. The lowest BCUT2D eigenvalue weighted by molar-refractivity contribution is 0.669. The van der Waals surface area contributed by atoms with Gasteiger partial charge in [0.15, 0.2) is 0 Å². The minimum absolute atomic E-state index is 0.924. The average Bonchev–Trinajstić information content (AvgIpc) is 3.58. The third kappa shape index (κ3) is 1.74. The van der Waals surface area contributed by atoms with E-state index >= 15 is 0 Å². The predicted molar refractivity (Wildman–Crippen MR) is 136 cm³/mol. The van der Waals surface area contributed by atoms with E-state index in [9.17, 15) is 0 Å². The summed E-state index contributed by atoms with van der Waals surface area (Å²) in [5, 5.41) is 9.55. The maximum atomic E-state index is 6.48. The fourth-order valence-corrected chi connectivity index (χ4v) is 6.04. The first-order valence-electron chi connectivity index (χ1n) is 11.2. The largest absolute Gasteiger partial charge is 0.456 e. The summed E-state index contributed by atoms with van der Waals surface area (Å²) >= 11 is 0. The van der Waals surface area contributed by atoms with E-state index in [0.717, 1.165) is 38.5 Å². The van der Waals surface area contributed by atoms with E-state index in [0.29, 0.717) is 0 Å². The van der Waals surface area contributed by atoms with Gasteiger partial charge in [0.1, 0.15) is 22.3 Å². The maximum Gasteiger partial charge on any atom is 0.145 e. The lowest BCUT2D eigenvalue weighted by atomic mass is 10.0. The molecule has 0 aliphatic rings. The van der Waals surface area contributed by atoms with Crippen LogP contribution in [0.4, 0.5) is 0 Å². The van der Waals surface area contributed by atoms with Crippen LogP contribution in [-0.4, -0.2) is 4.40 Å². The van der Waals surface area contributed by atoms with E-state index in [1.165, 1.54) is 43.5 Å². The summed E-state index contributed by atoms with van der Waals surface area (Å²) in [6.07, 6.45) is 0. The van der Waals surface area contributed by atoms with Crippen molar-refractivity contribution in [3.63, 3.8) is 0 Å². The van der Waals surface area contributed by atoms with Gasteiger partial charge >= 0.3 is 0 Å². The number of rotatable bonds is 0. The lowest BCUT2D eigenvalue weighted by Crippen LogP contribution is -1.79. The molecular formula is C30H15NO2. The molecule has 0 aliphatic carbocycles. The highest BCUT2D eigenvalue weighted by Gasteiger charge is 2.24. The van der Waals surface area contributed by atoms with Crippen molar-refractivity contribution in [3.05, 3.63) is 91.0 Å². The van der Waals surface area contributed by atoms with Gasteiger partial charge in [0.05, 0.1) is 21.9 Å². The van der Waals surface area contributed by atoms with E-state index in [4.69, 9.17) is 8.83 Å². The Balaban J connectivity index is 1.70. The molecule has 9 rings (SSSR count). The second-order valence-corrected chi connectivity index (χ2v) is 8.91. The number of aromatic nitrogens is 1. The molecule has 4 heterocycles. The second kappa shape index (κ2) is 5.28. The van der Waals surface area contributed by atoms with Crippen LogP contribution in [0.5, 0.6) is 0 Å². The zero-order chi connectivity index (χ0) is 21.3. The van der Waals surface area contributed by atoms with Crippen molar-refractivity contribution in [1.29, 1.82) is 0 Å². The van der Waals surface area contributed by atoms with Crippen molar-refractivity contribution in [2.75, 3.05) is 0 Å². The van der Waals surface area contributed by atoms with Crippen molar-refractivity contribution in [3.8, 4) is 0 Å². The number of fused-ring (bicyclic) bond motifs is 14. The number of benzene rings is 5. The first-order valence-corrected chi connectivity index (χ1v) is 11.2. The van der Waals surface area contributed by atoms with Crippen LogP contribution < -0.4 is 0 Å². The third-order valence-corrected chi connectivity index (χ3v) is 7.31. The van der Waals surface area contributed by atoms with Gasteiger partial charge in [-0.2, -0.15) is 0 Å². The smallest absolute Gasteiger partial charge is 0.145 e. The van der Waals surface area contributed by atoms with Crippen LogP contribution in [-0.2, 0) is 0 Å². The van der Waals surface area contributed by atoms with Gasteiger partial charge in [-0.25, -0.2) is 0 Å². The molecule has 152 valence electrons. The van der Waals surface area contributed by atoms with Gasteiger partial charge < -0.3 is 13.2 Å². The Bertz CT molecular complexity index is 2240. The van der Waals surface area contributed by atoms with Crippen LogP contribution in [0.1, 0.15) is 0 Å². The molecule has 0 atom stereocenters. The van der Waals surface area contributed by atoms with Gasteiger partial charge in [0.25, 0.3) is 0 Å². The first kappa shape index (κ1) is 16.2. The molecule has 0 fully saturated rings. The van der Waals surface area contributed by atoms with Gasteiger partial charge in [0.2, 0.25) is 0 Å². The van der Waals surface area contributed by atoms with E-state index in [-0.39, 0.29) is 0 Å². The van der Waals surface area contributed by atoms with E-state index in [1.54, 1.807) is 0 Å². The maximum absolute atomic E-state index is 6.48. The Labute approximate surface area is 186 Å². The summed E-state index contributed by atoms with van der Waals surface area (Å²) in [5.41, 5.74) is 7.36. The molecule has 3 heteroatoms. The highest BCUT2D eigenvalue weighted by atomic mass is 16.3. The van der Waals surface area contributed by atoms with Crippen LogP contribution in [0.25, 0.3) is 82.0 Å². The molecule has 0 N–H and O–H groups in total. The summed E-state index contributed by atoms with van der Waals surface area (Å²) in [5.74, 6) is 0. The molecule has 0 bridgehead atoms. The Morgan fingerprint density at radius 3 is 2.06 bits per heavy atom. The summed E-state index contributed by atoms with van der Waals surface area (Å²) in [7, 11) is 0. The number of hydrogen-bond acceptors (Lipinski definition) is 2. The molecule has 0 unspecified atom stereocenters. The molecule has 9 aromatic rings. The van der Waals surface area contributed by atoms with E-state index in [1.807, 2.05) is 12.1 Å². The summed E-state index contributed by atoms with van der Waals surface area (Å²) in [4.78, 5) is 0. The van der Waals surface area contributed by atoms with Gasteiger partial charge in [-0.3, -0.25) is 0 Å². The molecule has 0 saturated heterocycles. The van der Waals surface area contributed by atoms with E-state index < -0.39 is 0 Å². The number of hydrogen-bond donors (Lipinski definition) is 0. The molecule has 3 nitrogen and oxygen atoms in total. The zero-order valence-electron chi connectivity index (χ0n) is 17.4. The Hall–Kier alpha value is -4.50. The van der Waals surface area contributed by atoms with Gasteiger partial charge in [0, 0.05) is 37.7 Å². The Morgan fingerprint density at radius 2 is 1.18 bits per heavy atom. The van der Waals surface area contributed by atoms with Crippen molar-refractivity contribution in [1.82, 2.24) is 4.40 Å². The average molecular weight is 421 g/mol. The SMILES string of the molecule is c1ccc2c(c1)oc1c2cc2c3c4c(ccc3n3c5ccccc5c1c23)oc1ccccc14. The topological polar surface area (TPSA) is 30.7 Å². The minimum Gasteiger partial charge on any atom is -0.456 e. The fourth-order valence-electron chi connectivity index (χ4n) is 6.04. The van der Waals surface area contributed by atoms with Gasteiger partial charge in [-0.15, -0.1) is 0 Å². The highest BCUT2D eigenvalue weighted by molar-refractivity contribution is 6.37.